The Bertz CT molecular complexity index is 1290. The Kier molecular flexibility index (Phi) is 5.86. The molecule has 1 aliphatic heterocycles. The van der Waals surface area contributed by atoms with E-state index in [2.05, 4.69) is 15.5 Å². The largest absolute Gasteiger partial charge is 0.497 e. The average Bonchev–Trinajstić information content (AvgIpc) is 3.50. The van der Waals surface area contributed by atoms with Crippen LogP contribution < -0.4 is 19.5 Å². The second kappa shape index (κ2) is 9.25. The van der Waals surface area contributed by atoms with E-state index in [4.69, 9.17) is 14.2 Å². The molecule has 0 atom stereocenters. The highest BCUT2D eigenvalue weighted by molar-refractivity contribution is 7.99. The molecule has 0 fully saturated rings. The second-order valence-electron chi connectivity index (χ2n) is 7.11. The van der Waals surface area contributed by atoms with E-state index in [1.54, 1.807) is 25.3 Å². The van der Waals surface area contributed by atoms with Gasteiger partial charge in [0.25, 0.3) is 0 Å². The van der Waals surface area contributed by atoms with Crippen molar-refractivity contribution in [3.8, 4) is 34.3 Å². The highest BCUT2D eigenvalue weighted by Crippen LogP contribution is 2.34. The number of para-hydroxylation sites is 1. The lowest BCUT2D eigenvalue weighted by atomic mass is 10.2. The first kappa shape index (κ1) is 20.9. The smallest absolute Gasteiger partial charge is 0.234 e. The zero-order valence-corrected chi connectivity index (χ0v) is 18.5. The van der Waals surface area contributed by atoms with Crippen LogP contribution in [0.25, 0.3) is 17.1 Å². The number of anilines is 1. The summed E-state index contributed by atoms with van der Waals surface area (Å²) in [7, 11) is 1.63. The number of rotatable bonds is 7. The van der Waals surface area contributed by atoms with Crippen molar-refractivity contribution in [3.05, 3.63) is 72.8 Å². The summed E-state index contributed by atoms with van der Waals surface area (Å²) >= 11 is 1.31. The maximum atomic E-state index is 12.6. The molecule has 9 heteroatoms. The highest BCUT2D eigenvalue weighted by Gasteiger charge is 2.18. The third-order valence-corrected chi connectivity index (χ3v) is 5.89. The van der Waals surface area contributed by atoms with Crippen LogP contribution >= 0.6 is 11.8 Å². The third-order valence-electron chi connectivity index (χ3n) is 4.96. The van der Waals surface area contributed by atoms with Crippen molar-refractivity contribution in [3.63, 3.8) is 0 Å². The predicted molar refractivity (Wildman–Crippen MR) is 125 cm³/mol. The predicted octanol–water partition coefficient (Wildman–Crippen LogP) is 4.40. The van der Waals surface area contributed by atoms with Crippen LogP contribution in [0.3, 0.4) is 0 Å². The van der Waals surface area contributed by atoms with Crippen molar-refractivity contribution >= 4 is 23.4 Å². The van der Waals surface area contributed by atoms with E-state index in [0.717, 1.165) is 17.0 Å². The van der Waals surface area contributed by atoms with Crippen LogP contribution in [0.2, 0.25) is 0 Å². The van der Waals surface area contributed by atoms with Gasteiger partial charge in [-0.25, -0.2) is 0 Å². The van der Waals surface area contributed by atoms with E-state index in [1.165, 1.54) is 11.8 Å². The summed E-state index contributed by atoms with van der Waals surface area (Å²) in [6.07, 6.45) is 0. The molecule has 1 aromatic heterocycles. The number of benzene rings is 3. The second-order valence-corrected chi connectivity index (χ2v) is 8.06. The first-order chi connectivity index (χ1) is 16.2. The minimum Gasteiger partial charge on any atom is -0.497 e. The van der Waals surface area contributed by atoms with Gasteiger partial charge >= 0.3 is 0 Å². The number of thioether (sulfide) groups is 1. The molecule has 1 amide bonds. The van der Waals surface area contributed by atoms with Gasteiger partial charge in [-0.1, -0.05) is 42.1 Å². The number of hydrogen-bond donors (Lipinski definition) is 1. The van der Waals surface area contributed by atoms with Crippen LogP contribution in [-0.4, -0.2) is 40.3 Å². The molecule has 0 radical (unpaired) electrons. The summed E-state index contributed by atoms with van der Waals surface area (Å²) in [5.74, 6) is 2.68. The van der Waals surface area contributed by atoms with E-state index in [1.807, 2.05) is 59.2 Å². The molecule has 0 saturated carbocycles. The topological polar surface area (TPSA) is 87.5 Å². The molecule has 1 aliphatic rings. The Morgan fingerprint density at radius 2 is 1.88 bits per heavy atom. The minimum atomic E-state index is -0.163. The van der Waals surface area contributed by atoms with Gasteiger partial charge in [-0.2, -0.15) is 0 Å². The van der Waals surface area contributed by atoms with Gasteiger partial charge in [0.1, 0.15) is 5.75 Å². The van der Waals surface area contributed by atoms with E-state index in [0.29, 0.717) is 28.2 Å². The first-order valence-corrected chi connectivity index (χ1v) is 11.2. The molecular formula is C24H20N4O4S. The molecule has 0 bridgehead atoms. The van der Waals surface area contributed by atoms with E-state index in [9.17, 15) is 4.79 Å². The molecule has 4 aromatic rings. The molecule has 8 nitrogen and oxygen atoms in total. The molecule has 33 heavy (non-hydrogen) atoms. The van der Waals surface area contributed by atoms with Crippen LogP contribution in [-0.2, 0) is 4.79 Å². The molecule has 166 valence electrons. The fourth-order valence-electron chi connectivity index (χ4n) is 3.42. The Morgan fingerprint density at radius 3 is 2.73 bits per heavy atom. The Hall–Kier alpha value is -3.98. The van der Waals surface area contributed by atoms with Crippen LogP contribution in [0.1, 0.15) is 0 Å². The van der Waals surface area contributed by atoms with Crippen LogP contribution in [0.5, 0.6) is 17.2 Å². The number of aromatic nitrogens is 3. The van der Waals surface area contributed by atoms with Gasteiger partial charge < -0.3 is 19.5 Å². The quantitative estimate of drug-likeness (QED) is 0.409. The lowest BCUT2D eigenvalue weighted by Gasteiger charge is -2.11. The van der Waals surface area contributed by atoms with Gasteiger partial charge in [-0.15, -0.1) is 10.2 Å². The van der Waals surface area contributed by atoms with E-state index < -0.39 is 0 Å². The molecule has 5 rings (SSSR count). The summed E-state index contributed by atoms with van der Waals surface area (Å²) in [5, 5.41) is 12.3. The number of amides is 1. The van der Waals surface area contributed by atoms with Crippen molar-refractivity contribution < 1.29 is 19.0 Å². The Balaban J connectivity index is 1.37. The van der Waals surface area contributed by atoms with Gasteiger partial charge in [-0.05, 0) is 36.4 Å². The van der Waals surface area contributed by atoms with Gasteiger partial charge in [0.2, 0.25) is 12.7 Å². The lowest BCUT2D eigenvalue weighted by Crippen LogP contribution is -2.14. The molecule has 0 spiro atoms. The lowest BCUT2D eigenvalue weighted by molar-refractivity contribution is -0.113. The Labute approximate surface area is 194 Å². The molecule has 3 aromatic carbocycles. The number of methoxy groups -OCH3 is 1. The van der Waals surface area contributed by atoms with Gasteiger partial charge in [0, 0.05) is 23.0 Å². The van der Waals surface area contributed by atoms with Gasteiger partial charge in [0.05, 0.1) is 12.9 Å². The van der Waals surface area contributed by atoms with E-state index in [-0.39, 0.29) is 18.5 Å². The summed E-state index contributed by atoms with van der Waals surface area (Å²) in [6.45, 7) is 0.188. The normalized spacial score (nSPS) is 11.9. The maximum absolute atomic E-state index is 12.6. The zero-order valence-electron chi connectivity index (χ0n) is 17.7. The van der Waals surface area contributed by atoms with Crippen molar-refractivity contribution in [1.82, 2.24) is 14.8 Å². The third kappa shape index (κ3) is 4.49. The molecule has 0 unspecified atom stereocenters. The number of hydrogen-bond acceptors (Lipinski definition) is 7. The van der Waals surface area contributed by atoms with E-state index >= 15 is 0 Å². The van der Waals surface area contributed by atoms with Crippen molar-refractivity contribution in [2.24, 2.45) is 0 Å². The number of carbonyl (C=O) groups is 1. The van der Waals surface area contributed by atoms with Crippen molar-refractivity contribution in [1.29, 1.82) is 0 Å². The molecule has 2 heterocycles. The number of nitrogens with zero attached hydrogens (tertiary/aromatic N) is 3. The Morgan fingerprint density at radius 1 is 1.03 bits per heavy atom. The molecule has 1 N–H and O–H groups in total. The number of nitrogens with one attached hydrogen (secondary N) is 1. The number of carbonyl (C=O) groups excluding carboxylic acids is 1. The standard InChI is InChI=1S/C24H20N4O4S/c1-30-19-9-5-6-16(12-19)23-26-27-24(28(23)18-7-3-2-4-8-18)33-14-22(29)25-17-10-11-20-21(13-17)32-15-31-20/h2-13H,14-15H2,1H3,(H,25,29). The first-order valence-electron chi connectivity index (χ1n) is 10.2. The zero-order chi connectivity index (χ0) is 22.6. The highest BCUT2D eigenvalue weighted by atomic mass is 32.2. The van der Waals surface area contributed by atoms with Crippen LogP contribution in [0, 0.1) is 0 Å². The summed E-state index contributed by atoms with van der Waals surface area (Å²) in [5.41, 5.74) is 2.41. The number of fused-ring (bicyclic) bond motifs is 1. The summed E-state index contributed by atoms with van der Waals surface area (Å²) in [4.78, 5) is 12.6. The minimum absolute atomic E-state index is 0.163. The van der Waals surface area contributed by atoms with Gasteiger partial charge in [-0.3, -0.25) is 9.36 Å². The fraction of sp³-hybridized carbons (Fsp3) is 0.125. The van der Waals surface area contributed by atoms with Crippen molar-refractivity contribution in [2.75, 3.05) is 25.0 Å². The molecule has 0 saturated heterocycles. The summed E-state index contributed by atoms with van der Waals surface area (Å²) < 4.78 is 18.0. The summed E-state index contributed by atoms with van der Waals surface area (Å²) in [6, 6.07) is 22.7. The maximum Gasteiger partial charge on any atom is 0.234 e. The molecular weight excluding hydrogens is 440 g/mol. The van der Waals surface area contributed by atoms with Crippen LogP contribution in [0.4, 0.5) is 5.69 Å². The van der Waals surface area contributed by atoms with Crippen molar-refractivity contribution in [2.45, 2.75) is 5.16 Å². The average molecular weight is 461 g/mol. The SMILES string of the molecule is COc1cccc(-c2nnc(SCC(=O)Nc3ccc4c(c3)OCO4)n2-c2ccccc2)c1. The fourth-order valence-corrected chi connectivity index (χ4v) is 4.18. The van der Waals surface area contributed by atoms with Crippen LogP contribution in [0.15, 0.2) is 78.0 Å². The monoisotopic (exact) mass is 460 g/mol. The number of ether oxygens (including phenoxy) is 3. The molecule has 0 aliphatic carbocycles. The van der Waals surface area contributed by atoms with Gasteiger partial charge in [0.15, 0.2) is 22.5 Å².